The molecule has 2 aromatic carbocycles. The first-order chi connectivity index (χ1) is 11.1. The van der Waals surface area contributed by atoms with Gasteiger partial charge in [0.05, 0.1) is 0 Å². The molecule has 1 aliphatic rings. The number of carbonyl (C=O) groups excluding carboxylic acids is 1. The van der Waals surface area contributed by atoms with Crippen LogP contribution in [0.1, 0.15) is 16.7 Å². The number of halogens is 2. The summed E-state index contributed by atoms with van der Waals surface area (Å²) in [7, 11) is 0. The normalized spacial score (nSPS) is 15.9. The Bertz CT molecular complexity index is 751. The second-order valence-corrected chi connectivity index (χ2v) is 5.85. The number of hydrogen-bond donors (Lipinski definition) is 2. The van der Waals surface area contributed by atoms with E-state index in [4.69, 9.17) is 22.1 Å². The van der Waals surface area contributed by atoms with E-state index in [0.717, 1.165) is 5.56 Å². The first-order valence-electron chi connectivity index (χ1n) is 7.27. The van der Waals surface area contributed by atoms with Gasteiger partial charge < -0.3 is 15.8 Å². The molecule has 1 amide bonds. The van der Waals surface area contributed by atoms with Gasteiger partial charge in [0.25, 0.3) is 5.91 Å². The minimum absolute atomic E-state index is 0.104. The lowest BCUT2D eigenvalue weighted by Crippen LogP contribution is -2.37. The fourth-order valence-electron chi connectivity index (χ4n) is 2.52. The molecule has 0 bridgehead atoms. The molecule has 1 heterocycles. The number of carbonyl (C=O) groups is 1. The van der Waals surface area contributed by atoms with E-state index in [2.05, 4.69) is 5.32 Å². The molecule has 3 N–H and O–H groups in total. The summed E-state index contributed by atoms with van der Waals surface area (Å²) in [5.41, 5.74) is 7.49. The zero-order valence-electron chi connectivity index (χ0n) is 12.3. The molecule has 0 radical (unpaired) electrons. The highest BCUT2D eigenvalue weighted by molar-refractivity contribution is 6.30. The lowest BCUT2D eigenvalue weighted by Gasteiger charge is -2.12. The Labute approximate surface area is 138 Å². The predicted molar refractivity (Wildman–Crippen MR) is 85.7 cm³/mol. The summed E-state index contributed by atoms with van der Waals surface area (Å²) in [4.78, 5) is 12.2. The van der Waals surface area contributed by atoms with Crippen LogP contribution >= 0.6 is 11.6 Å². The van der Waals surface area contributed by atoms with Crippen molar-refractivity contribution in [1.29, 1.82) is 0 Å². The molecule has 120 valence electrons. The fraction of sp³-hybridized carbons (Fsp3) is 0.235. The second-order valence-electron chi connectivity index (χ2n) is 5.41. The van der Waals surface area contributed by atoms with Crippen LogP contribution in [0.3, 0.4) is 0 Å². The summed E-state index contributed by atoms with van der Waals surface area (Å²) in [6.07, 6.45) is -0.161. The molecule has 0 unspecified atom stereocenters. The van der Waals surface area contributed by atoms with Crippen molar-refractivity contribution in [1.82, 2.24) is 5.32 Å². The molecular weight excluding hydrogens is 319 g/mol. The van der Waals surface area contributed by atoms with E-state index in [9.17, 15) is 9.18 Å². The molecule has 4 nitrogen and oxygen atoms in total. The maximum Gasteiger partial charge on any atom is 0.261 e. The third kappa shape index (κ3) is 3.46. The van der Waals surface area contributed by atoms with Crippen LogP contribution in [0.4, 0.5) is 4.39 Å². The molecule has 0 aromatic heterocycles. The fourth-order valence-corrected chi connectivity index (χ4v) is 2.72. The summed E-state index contributed by atoms with van der Waals surface area (Å²) in [6, 6.07) is 10.0. The van der Waals surface area contributed by atoms with Crippen LogP contribution < -0.4 is 15.8 Å². The number of hydrogen-bond acceptors (Lipinski definition) is 3. The molecule has 23 heavy (non-hydrogen) atoms. The van der Waals surface area contributed by atoms with Crippen molar-refractivity contribution >= 4 is 17.5 Å². The van der Waals surface area contributed by atoms with Crippen molar-refractivity contribution in [2.24, 2.45) is 5.73 Å². The lowest BCUT2D eigenvalue weighted by molar-refractivity contribution is -0.127. The predicted octanol–water partition coefficient (Wildman–Crippen LogP) is 2.56. The van der Waals surface area contributed by atoms with Crippen molar-refractivity contribution < 1.29 is 13.9 Å². The first kappa shape index (κ1) is 15.8. The first-order valence-corrected chi connectivity index (χ1v) is 7.65. The molecule has 6 heteroatoms. The Morgan fingerprint density at radius 3 is 2.91 bits per heavy atom. The average Bonchev–Trinajstić information content (AvgIpc) is 2.96. The third-order valence-corrected chi connectivity index (χ3v) is 4.03. The highest BCUT2D eigenvalue weighted by Crippen LogP contribution is 2.31. The average molecular weight is 335 g/mol. The van der Waals surface area contributed by atoms with Crippen LogP contribution in [0.2, 0.25) is 5.02 Å². The van der Waals surface area contributed by atoms with E-state index in [1.165, 1.54) is 6.07 Å². The van der Waals surface area contributed by atoms with E-state index in [-0.39, 0.29) is 24.8 Å². The summed E-state index contributed by atoms with van der Waals surface area (Å²) >= 11 is 5.93. The summed E-state index contributed by atoms with van der Waals surface area (Å²) in [5.74, 6) is 0.00307. The van der Waals surface area contributed by atoms with Crippen LogP contribution in [0.15, 0.2) is 36.4 Å². The van der Waals surface area contributed by atoms with Gasteiger partial charge in [-0.05, 0) is 35.4 Å². The van der Waals surface area contributed by atoms with Gasteiger partial charge in [0.1, 0.15) is 11.6 Å². The zero-order valence-corrected chi connectivity index (χ0v) is 13.1. The molecular formula is C17H16ClFN2O2. The van der Waals surface area contributed by atoms with Crippen molar-refractivity contribution in [3.8, 4) is 5.75 Å². The zero-order chi connectivity index (χ0) is 16.4. The monoisotopic (exact) mass is 334 g/mol. The molecule has 1 atom stereocenters. The van der Waals surface area contributed by atoms with Crippen LogP contribution in [0.25, 0.3) is 0 Å². The number of benzene rings is 2. The second kappa shape index (κ2) is 6.56. The van der Waals surface area contributed by atoms with Gasteiger partial charge in [-0.3, -0.25) is 4.79 Å². The maximum absolute atomic E-state index is 13.9. The Kier molecular flexibility index (Phi) is 4.50. The van der Waals surface area contributed by atoms with Crippen molar-refractivity contribution in [2.45, 2.75) is 25.6 Å². The number of nitrogens with one attached hydrogen (secondary N) is 1. The highest BCUT2D eigenvalue weighted by Gasteiger charge is 2.29. The quantitative estimate of drug-likeness (QED) is 0.903. The summed E-state index contributed by atoms with van der Waals surface area (Å²) < 4.78 is 19.5. The Morgan fingerprint density at radius 1 is 1.35 bits per heavy atom. The Morgan fingerprint density at radius 2 is 2.17 bits per heavy atom. The number of rotatable bonds is 4. The van der Waals surface area contributed by atoms with E-state index in [1.807, 2.05) is 0 Å². The van der Waals surface area contributed by atoms with Crippen molar-refractivity contribution in [3.05, 3.63) is 63.9 Å². The van der Waals surface area contributed by atoms with Gasteiger partial charge in [-0.1, -0.05) is 23.7 Å². The number of fused-ring (bicyclic) bond motifs is 1. The molecule has 0 spiro atoms. The van der Waals surface area contributed by atoms with Gasteiger partial charge in [0, 0.05) is 30.1 Å². The Hall–Kier alpha value is -2.11. The summed E-state index contributed by atoms with van der Waals surface area (Å²) in [5, 5.41) is 3.31. The number of ether oxygens (including phenoxy) is 1. The largest absolute Gasteiger partial charge is 0.480 e. The maximum atomic E-state index is 13.9. The minimum Gasteiger partial charge on any atom is -0.480 e. The van der Waals surface area contributed by atoms with Crippen LogP contribution in [0.5, 0.6) is 5.75 Å². The number of amides is 1. The van der Waals surface area contributed by atoms with Gasteiger partial charge in [0.15, 0.2) is 6.10 Å². The molecule has 3 rings (SSSR count). The van der Waals surface area contributed by atoms with Crippen molar-refractivity contribution in [2.75, 3.05) is 0 Å². The Balaban J connectivity index is 1.61. The van der Waals surface area contributed by atoms with E-state index in [0.29, 0.717) is 28.3 Å². The van der Waals surface area contributed by atoms with Gasteiger partial charge in [-0.25, -0.2) is 4.39 Å². The van der Waals surface area contributed by atoms with E-state index < -0.39 is 6.10 Å². The SMILES string of the molecule is NCc1ccc(CNC(=O)[C@@H]2Cc3cc(Cl)ccc3O2)c(F)c1. The van der Waals surface area contributed by atoms with Crippen molar-refractivity contribution in [3.63, 3.8) is 0 Å². The smallest absolute Gasteiger partial charge is 0.261 e. The minimum atomic E-state index is -0.616. The molecule has 0 saturated carbocycles. The molecule has 0 aliphatic carbocycles. The van der Waals surface area contributed by atoms with Gasteiger partial charge in [0.2, 0.25) is 0 Å². The van der Waals surface area contributed by atoms with E-state index >= 15 is 0 Å². The van der Waals surface area contributed by atoms with Gasteiger partial charge in [-0.2, -0.15) is 0 Å². The highest BCUT2D eigenvalue weighted by atomic mass is 35.5. The lowest BCUT2D eigenvalue weighted by atomic mass is 10.1. The van der Waals surface area contributed by atoms with E-state index in [1.54, 1.807) is 30.3 Å². The van der Waals surface area contributed by atoms with Crippen LogP contribution in [0, 0.1) is 5.82 Å². The summed E-state index contributed by atoms with van der Waals surface area (Å²) in [6.45, 7) is 0.382. The molecule has 0 saturated heterocycles. The van der Waals surface area contributed by atoms with Gasteiger partial charge >= 0.3 is 0 Å². The molecule has 2 aromatic rings. The van der Waals surface area contributed by atoms with Gasteiger partial charge in [-0.15, -0.1) is 0 Å². The van der Waals surface area contributed by atoms with Crippen LogP contribution in [-0.2, 0) is 24.3 Å². The third-order valence-electron chi connectivity index (χ3n) is 3.80. The van der Waals surface area contributed by atoms with Crippen LogP contribution in [-0.4, -0.2) is 12.0 Å². The standard InChI is InChI=1S/C17H16ClFN2O2/c18-13-3-4-15-12(6-13)7-16(23-15)17(22)21-9-11-2-1-10(8-20)5-14(11)19/h1-6,16H,7-9,20H2,(H,21,22)/t16-/m0/s1. The molecule has 1 aliphatic heterocycles. The topological polar surface area (TPSA) is 64.3 Å². The number of nitrogens with two attached hydrogens (primary N) is 1. The molecule has 0 fully saturated rings.